The largest absolute Gasteiger partial charge is 0.486 e. The summed E-state index contributed by atoms with van der Waals surface area (Å²) in [7, 11) is 0. The molecule has 7 nitrogen and oxygen atoms in total. The van der Waals surface area contributed by atoms with E-state index in [9.17, 15) is 9.59 Å². The number of anilines is 1. The molecule has 1 amide bonds. The second-order valence-electron chi connectivity index (χ2n) is 7.40. The number of carbonyl (C=O) groups is 1. The van der Waals surface area contributed by atoms with Gasteiger partial charge >= 0.3 is 5.63 Å². The average Bonchev–Trinajstić information content (AvgIpc) is 2.74. The average molecular weight is 443 g/mol. The van der Waals surface area contributed by atoms with Gasteiger partial charge in [-0.2, -0.15) is 0 Å². The highest BCUT2D eigenvalue weighted by molar-refractivity contribution is 6.32. The van der Waals surface area contributed by atoms with Crippen molar-refractivity contribution in [2.24, 2.45) is 0 Å². The number of rotatable bonds is 6. The van der Waals surface area contributed by atoms with E-state index in [4.69, 9.17) is 25.5 Å². The van der Waals surface area contributed by atoms with Crippen molar-refractivity contribution < 1.29 is 18.7 Å². The van der Waals surface area contributed by atoms with E-state index >= 15 is 0 Å². The molecule has 0 aliphatic carbocycles. The molecule has 1 aromatic heterocycles. The van der Waals surface area contributed by atoms with Crippen LogP contribution in [0.4, 0.5) is 5.69 Å². The lowest BCUT2D eigenvalue weighted by atomic mass is 10.1. The first kappa shape index (κ1) is 21.2. The van der Waals surface area contributed by atoms with Gasteiger partial charge in [0.15, 0.2) is 11.5 Å². The molecule has 2 heterocycles. The van der Waals surface area contributed by atoms with Crippen LogP contribution in [0.1, 0.15) is 18.1 Å². The number of amides is 1. The molecule has 0 saturated carbocycles. The molecule has 0 spiro atoms. The van der Waals surface area contributed by atoms with Gasteiger partial charge in [-0.15, -0.1) is 0 Å². The highest BCUT2D eigenvalue weighted by Gasteiger charge is 2.16. The molecule has 1 N–H and O–H groups in total. The molecule has 1 aliphatic heterocycles. The fraction of sp³-hybridized carbons (Fsp3) is 0.304. The molecule has 0 unspecified atom stereocenters. The number of nitrogens with one attached hydrogen (secondary N) is 1. The predicted octanol–water partition coefficient (Wildman–Crippen LogP) is 3.99. The van der Waals surface area contributed by atoms with Crippen molar-refractivity contribution in [1.82, 2.24) is 4.90 Å². The number of fused-ring (bicyclic) bond motifs is 2. The van der Waals surface area contributed by atoms with Crippen molar-refractivity contribution in [1.29, 1.82) is 0 Å². The van der Waals surface area contributed by atoms with Crippen molar-refractivity contribution in [3.05, 3.63) is 63.0 Å². The lowest BCUT2D eigenvalue weighted by Crippen LogP contribution is -2.33. The Kier molecular flexibility index (Phi) is 6.15. The first-order valence-corrected chi connectivity index (χ1v) is 10.5. The number of halogens is 1. The minimum absolute atomic E-state index is 0.159. The molecule has 3 aromatic rings. The number of hydrogen-bond donors (Lipinski definition) is 1. The van der Waals surface area contributed by atoms with Crippen LogP contribution in [-0.2, 0) is 11.3 Å². The van der Waals surface area contributed by atoms with Gasteiger partial charge in [-0.1, -0.05) is 18.5 Å². The summed E-state index contributed by atoms with van der Waals surface area (Å²) in [5, 5.41) is 4.25. The zero-order valence-electron chi connectivity index (χ0n) is 17.4. The van der Waals surface area contributed by atoms with Crippen LogP contribution in [-0.4, -0.2) is 37.1 Å². The van der Waals surface area contributed by atoms with Crippen LogP contribution in [0.15, 0.2) is 45.6 Å². The van der Waals surface area contributed by atoms with Crippen LogP contribution >= 0.6 is 11.6 Å². The Bertz CT molecular complexity index is 1190. The summed E-state index contributed by atoms with van der Waals surface area (Å²) in [5.41, 5.74) is 2.29. The van der Waals surface area contributed by atoms with Crippen molar-refractivity contribution in [3.63, 3.8) is 0 Å². The van der Waals surface area contributed by atoms with Gasteiger partial charge in [0.1, 0.15) is 18.8 Å². The third-order valence-electron chi connectivity index (χ3n) is 5.14. The van der Waals surface area contributed by atoms with Crippen molar-refractivity contribution in [2.45, 2.75) is 20.4 Å². The fourth-order valence-corrected chi connectivity index (χ4v) is 3.69. The molecule has 31 heavy (non-hydrogen) atoms. The van der Waals surface area contributed by atoms with Crippen LogP contribution in [0.25, 0.3) is 11.0 Å². The molecular formula is C23H23ClN2O5. The van der Waals surface area contributed by atoms with Crippen LogP contribution in [0.5, 0.6) is 11.5 Å². The lowest BCUT2D eigenvalue weighted by molar-refractivity contribution is -0.117. The summed E-state index contributed by atoms with van der Waals surface area (Å²) < 4.78 is 16.4. The van der Waals surface area contributed by atoms with E-state index in [2.05, 4.69) is 5.32 Å². The van der Waals surface area contributed by atoms with Crippen LogP contribution in [0, 0.1) is 6.92 Å². The van der Waals surface area contributed by atoms with E-state index in [-0.39, 0.29) is 12.5 Å². The molecule has 0 radical (unpaired) electrons. The quantitative estimate of drug-likeness (QED) is 0.581. The van der Waals surface area contributed by atoms with Gasteiger partial charge in [0, 0.05) is 34.8 Å². The van der Waals surface area contributed by atoms with E-state index in [0.29, 0.717) is 54.1 Å². The summed E-state index contributed by atoms with van der Waals surface area (Å²) in [4.78, 5) is 26.6. The van der Waals surface area contributed by atoms with Gasteiger partial charge in [-0.05, 0) is 48.9 Å². The minimum Gasteiger partial charge on any atom is -0.486 e. The molecule has 0 atom stereocenters. The number of ether oxygens (including phenoxy) is 2. The molecule has 162 valence electrons. The third kappa shape index (κ3) is 4.84. The zero-order valence-corrected chi connectivity index (χ0v) is 18.1. The highest BCUT2D eigenvalue weighted by Crippen LogP contribution is 2.32. The SMILES string of the molecule is CCN(CC(=O)Nc1ccc2c(c1)OCCO2)Cc1cc(=O)oc2cc(C)c(Cl)cc12. The number of aryl methyl sites for hydroxylation is 1. The maximum absolute atomic E-state index is 12.6. The molecule has 1 aliphatic rings. The monoisotopic (exact) mass is 442 g/mol. The summed E-state index contributed by atoms with van der Waals surface area (Å²) in [6.07, 6.45) is 0. The molecule has 0 bridgehead atoms. The highest BCUT2D eigenvalue weighted by atomic mass is 35.5. The van der Waals surface area contributed by atoms with Gasteiger partial charge in [0.25, 0.3) is 0 Å². The third-order valence-corrected chi connectivity index (χ3v) is 5.55. The smallest absolute Gasteiger partial charge is 0.336 e. The van der Waals surface area contributed by atoms with Crippen LogP contribution < -0.4 is 20.4 Å². The zero-order chi connectivity index (χ0) is 22.0. The Balaban J connectivity index is 1.49. The minimum atomic E-state index is -0.430. The predicted molar refractivity (Wildman–Crippen MR) is 119 cm³/mol. The van der Waals surface area contributed by atoms with E-state index < -0.39 is 5.63 Å². The topological polar surface area (TPSA) is 81.0 Å². The number of likely N-dealkylation sites (N-methyl/N-ethyl adjacent to an activating group) is 1. The van der Waals surface area contributed by atoms with Gasteiger partial charge < -0.3 is 19.2 Å². The van der Waals surface area contributed by atoms with E-state index in [1.165, 1.54) is 6.07 Å². The number of nitrogens with zero attached hydrogens (tertiary/aromatic N) is 1. The summed E-state index contributed by atoms with van der Waals surface area (Å²) >= 11 is 6.28. The van der Waals surface area contributed by atoms with E-state index in [1.807, 2.05) is 18.7 Å². The Morgan fingerprint density at radius 2 is 1.90 bits per heavy atom. The van der Waals surface area contributed by atoms with Crippen molar-refractivity contribution in [3.8, 4) is 11.5 Å². The van der Waals surface area contributed by atoms with Crippen molar-refractivity contribution >= 4 is 34.2 Å². The Morgan fingerprint density at radius 3 is 2.68 bits per heavy atom. The first-order valence-electron chi connectivity index (χ1n) is 10.1. The number of benzene rings is 2. The fourth-order valence-electron chi connectivity index (χ4n) is 3.52. The second-order valence-corrected chi connectivity index (χ2v) is 7.81. The summed E-state index contributed by atoms with van der Waals surface area (Å²) in [6.45, 7) is 6.00. The number of hydrogen-bond acceptors (Lipinski definition) is 6. The maximum Gasteiger partial charge on any atom is 0.336 e. The van der Waals surface area contributed by atoms with Crippen LogP contribution in [0.3, 0.4) is 0 Å². The Labute approximate surface area is 184 Å². The van der Waals surface area contributed by atoms with Gasteiger partial charge in [0.05, 0.1) is 6.54 Å². The van der Waals surface area contributed by atoms with Gasteiger partial charge in [-0.25, -0.2) is 4.79 Å². The molecule has 8 heteroatoms. The van der Waals surface area contributed by atoms with Crippen LogP contribution in [0.2, 0.25) is 5.02 Å². The molecule has 2 aromatic carbocycles. The van der Waals surface area contributed by atoms with Gasteiger partial charge in [-0.3, -0.25) is 9.69 Å². The summed E-state index contributed by atoms with van der Waals surface area (Å²) in [5.74, 6) is 1.12. The maximum atomic E-state index is 12.6. The normalized spacial score (nSPS) is 12.9. The summed E-state index contributed by atoms with van der Waals surface area (Å²) in [6, 6.07) is 10.3. The second kappa shape index (κ2) is 8.99. The molecule has 0 saturated heterocycles. The standard InChI is InChI=1S/C23H23ClN2O5/c1-3-26(12-15-9-23(28)31-20-8-14(2)18(24)11-17(15)20)13-22(27)25-16-4-5-19-21(10-16)30-7-6-29-19/h4-5,8-11H,3,6-7,12-13H2,1-2H3,(H,25,27). The first-order chi connectivity index (χ1) is 14.9. The van der Waals surface area contributed by atoms with Gasteiger partial charge in [0.2, 0.25) is 5.91 Å². The molecular weight excluding hydrogens is 420 g/mol. The van der Waals surface area contributed by atoms with E-state index in [1.54, 1.807) is 30.3 Å². The Morgan fingerprint density at radius 1 is 1.13 bits per heavy atom. The number of carbonyl (C=O) groups excluding carboxylic acids is 1. The van der Waals surface area contributed by atoms with E-state index in [0.717, 1.165) is 16.5 Å². The van der Waals surface area contributed by atoms with Crippen molar-refractivity contribution in [2.75, 3.05) is 31.6 Å². The Hall–Kier alpha value is -3.03. The molecule has 0 fully saturated rings. The lowest BCUT2D eigenvalue weighted by Gasteiger charge is -2.21. The molecule has 4 rings (SSSR count).